The topological polar surface area (TPSA) is 25.8 Å². The van der Waals surface area contributed by atoms with Crippen molar-refractivity contribution in [1.29, 1.82) is 0 Å². The first-order valence-corrected chi connectivity index (χ1v) is 19.9. The number of hydrogen-bond acceptors (Lipinski definition) is 3. The first kappa shape index (κ1) is 32.5. The van der Waals surface area contributed by atoms with Crippen LogP contribution in [0.4, 0.5) is 0 Å². The molecule has 262 valence electrons. The second kappa shape index (κ2) is 13.1. The highest BCUT2D eigenvalue weighted by molar-refractivity contribution is 7.26. The molecule has 0 bridgehead atoms. The highest BCUT2D eigenvalue weighted by Gasteiger charge is 2.46. The van der Waals surface area contributed by atoms with Crippen LogP contribution in [0.25, 0.3) is 76.3 Å². The Hall–Kier alpha value is -6.94. The Bertz CT molecular complexity index is 3020. The van der Waals surface area contributed by atoms with E-state index in [2.05, 4.69) is 206 Å². The molecule has 3 heteroatoms. The minimum Gasteiger partial charge on any atom is -0.226 e. The van der Waals surface area contributed by atoms with Crippen LogP contribution < -0.4 is 0 Å². The summed E-state index contributed by atoms with van der Waals surface area (Å²) in [6.07, 6.45) is 0. The van der Waals surface area contributed by atoms with Gasteiger partial charge in [0.1, 0.15) is 0 Å². The first-order chi connectivity index (χ1) is 27.8. The third-order valence-electron chi connectivity index (χ3n) is 11.4. The average Bonchev–Trinajstić information content (AvgIpc) is 3.80. The molecule has 0 saturated heterocycles. The lowest BCUT2D eigenvalue weighted by Crippen LogP contribution is -2.28. The molecule has 0 spiro atoms. The van der Waals surface area contributed by atoms with Crippen LogP contribution in [-0.4, -0.2) is 9.97 Å². The summed E-state index contributed by atoms with van der Waals surface area (Å²) in [6.45, 7) is 0. The Morgan fingerprint density at radius 3 is 1.70 bits per heavy atom. The highest BCUT2D eigenvalue weighted by Crippen LogP contribution is 2.58. The number of benzene rings is 8. The number of rotatable bonds is 6. The van der Waals surface area contributed by atoms with E-state index in [1.165, 1.54) is 49.2 Å². The van der Waals surface area contributed by atoms with Gasteiger partial charge in [-0.15, -0.1) is 11.3 Å². The average molecular weight is 731 g/mol. The van der Waals surface area contributed by atoms with Gasteiger partial charge < -0.3 is 0 Å². The second-order valence-electron chi connectivity index (χ2n) is 14.5. The highest BCUT2D eigenvalue weighted by atomic mass is 32.1. The van der Waals surface area contributed by atoms with Crippen LogP contribution in [0, 0.1) is 0 Å². The van der Waals surface area contributed by atoms with Crippen molar-refractivity contribution in [2.24, 2.45) is 0 Å². The van der Waals surface area contributed by atoms with Gasteiger partial charge in [0.05, 0.1) is 21.3 Å². The minimum atomic E-state index is -0.560. The molecule has 11 rings (SSSR count). The quantitative estimate of drug-likeness (QED) is 0.170. The number of nitrogens with zero attached hydrogens (tertiary/aromatic N) is 2. The molecular weight excluding hydrogens is 697 g/mol. The van der Waals surface area contributed by atoms with Crippen molar-refractivity contribution in [3.63, 3.8) is 0 Å². The molecule has 2 aromatic heterocycles. The predicted molar refractivity (Wildman–Crippen MR) is 234 cm³/mol. The fourth-order valence-electron chi connectivity index (χ4n) is 8.91. The Labute approximate surface area is 330 Å². The van der Waals surface area contributed by atoms with Gasteiger partial charge in [-0.05, 0) is 79.9 Å². The maximum Gasteiger partial charge on any atom is 0.161 e. The lowest BCUT2D eigenvalue weighted by atomic mass is 9.67. The second-order valence-corrected chi connectivity index (χ2v) is 15.5. The zero-order valence-electron chi connectivity index (χ0n) is 30.4. The van der Waals surface area contributed by atoms with Gasteiger partial charge in [0, 0.05) is 21.2 Å². The van der Waals surface area contributed by atoms with E-state index in [1.807, 2.05) is 0 Å². The van der Waals surface area contributed by atoms with E-state index in [0.29, 0.717) is 5.82 Å². The van der Waals surface area contributed by atoms with Crippen molar-refractivity contribution < 1.29 is 0 Å². The van der Waals surface area contributed by atoms with Crippen LogP contribution in [0.5, 0.6) is 0 Å². The number of aromatic nitrogens is 2. The zero-order chi connectivity index (χ0) is 37.1. The lowest BCUT2D eigenvalue weighted by Gasteiger charge is -2.34. The number of fused-ring (bicyclic) bond motifs is 6. The summed E-state index contributed by atoms with van der Waals surface area (Å²) in [5, 5.41) is 1.15. The fraction of sp³-hybridized carbons (Fsp3) is 0.0189. The van der Waals surface area contributed by atoms with E-state index in [0.717, 1.165) is 43.6 Å². The lowest BCUT2D eigenvalue weighted by molar-refractivity contribution is 0.768. The van der Waals surface area contributed by atoms with E-state index in [9.17, 15) is 0 Å². The SMILES string of the molecule is c1ccc(-c2cccc(-c3cc4c(cc3-c3nc(-c5ccccc5)c5sc6ccccc6c5n3)C(c3ccccc3)(c3ccccc3)c3ccccc3-4)c2)cc1. The van der Waals surface area contributed by atoms with Gasteiger partial charge in [-0.3, -0.25) is 0 Å². The van der Waals surface area contributed by atoms with Crippen molar-refractivity contribution in [2.75, 3.05) is 0 Å². The molecule has 0 unspecified atom stereocenters. The maximum absolute atomic E-state index is 5.57. The van der Waals surface area contributed by atoms with Crippen molar-refractivity contribution in [3.8, 4) is 56.0 Å². The third kappa shape index (κ3) is 5.02. The van der Waals surface area contributed by atoms with Crippen LogP contribution >= 0.6 is 11.3 Å². The molecule has 0 fully saturated rings. The standard InChI is InChI=1S/C53H34N2S/c1-5-18-35(19-6-1)37-22-17-23-38(32-37)43-33-44-41-28-13-15-30-46(41)53(39-24-9-3-10-25-39,40-26-11-4-12-27-40)47(44)34-45(43)52-54-49(36-20-7-2-8-21-36)51-50(55-52)42-29-14-16-31-48(42)56-51/h1-34H. The van der Waals surface area contributed by atoms with E-state index in [1.54, 1.807) is 11.3 Å². The summed E-state index contributed by atoms with van der Waals surface area (Å²) in [4.78, 5) is 11.1. The summed E-state index contributed by atoms with van der Waals surface area (Å²) in [6, 6.07) is 74.5. The summed E-state index contributed by atoms with van der Waals surface area (Å²) in [5.74, 6) is 0.716. The molecule has 56 heavy (non-hydrogen) atoms. The normalized spacial score (nSPS) is 12.8. The molecule has 1 aliphatic rings. The molecular formula is C53H34N2S. The summed E-state index contributed by atoms with van der Waals surface area (Å²) in [7, 11) is 0. The molecule has 0 atom stereocenters. The molecule has 2 heterocycles. The van der Waals surface area contributed by atoms with Crippen LogP contribution in [0.3, 0.4) is 0 Å². The largest absolute Gasteiger partial charge is 0.226 e. The maximum atomic E-state index is 5.57. The number of hydrogen-bond donors (Lipinski definition) is 0. The van der Waals surface area contributed by atoms with Gasteiger partial charge >= 0.3 is 0 Å². The van der Waals surface area contributed by atoms with E-state index < -0.39 is 5.41 Å². The van der Waals surface area contributed by atoms with E-state index in [-0.39, 0.29) is 0 Å². The zero-order valence-corrected chi connectivity index (χ0v) is 31.2. The Balaban J connectivity index is 1.28. The van der Waals surface area contributed by atoms with Crippen LogP contribution in [0.2, 0.25) is 0 Å². The molecule has 2 nitrogen and oxygen atoms in total. The molecule has 0 amide bonds. The molecule has 0 aliphatic heterocycles. The van der Waals surface area contributed by atoms with E-state index >= 15 is 0 Å². The first-order valence-electron chi connectivity index (χ1n) is 19.1. The Morgan fingerprint density at radius 2 is 0.964 bits per heavy atom. The summed E-state index contributed by atoms with van der Waals surface area (Å²) >= 11 is 1.77. The monoisotopic (exact) mass is 730 g/mol. The Morgan fingerprint density at radius 1 is 0.375 bits per heavy atom. The molecule has 0 N–H and O–H groups in total. The molecule has 8 aromatic carbocycles. The van der Waals surface area contributed by atoms with Crippen molar-refractivity contribution in [3.05, 3.63) is 229 Å². The molecule has 10 aromatic rings. The van der Waals surface area contributed by atoms with Crippen LogP contribution in [0.15, 0.2) is 206 Å². The van der Waals surface area contributed by atoms with Crippen LogP contribution in [0.1, 0.15) is 22.3 Å². The van der Waals surface area contributed by atoms with Gasteiger partial charge in [-0.1, -0.05) is 182 Å². The van der Waals surface area contributed by atoms with Gasteiger partial charge in [-0.25, -0.2) is 9.97 Å². The van der Waals surface area contributed by atoms with Crippen LogP contribution in [-0.2, 0) is 5.41 Å². The summed E-state index contributed by atoms with van der Waals surface area (Å²) < 4.78 is 2.31. The van der Waals surface area contributed by atoms with Crippen molar-refractivity contribution >= 4 is 31.6 Å². The third-order valence-corrected chi connectivity index (χ3v) is 12.6. The van der Waals surface area contributed by atoms with Gasteiger partial charge in [-0.2, -0.15) is 0 Å². The van der Waals surface area contributed by atoms with Gasteiger partial charge in [0.25, 0.3) is 0 Å². The summed E-state index contributed by atoms with van der Waals surface area (Å²) in [5.41, 5.74) is 15.5. The minimum absolute atomic E-state index is 0.560. The molecule has 0 saturated carbocycles. The van der Waals surface area contributed by atoms with E-state index in [4.69, 9.17) is 9.97 Å². The predicted octanol–water partition coefficient (Wildman–Crippen LogP) is 13.9. The smallest absolute Gasteiger partial charge is 0.161 e. The Kier molecular flexibility index (Phi) is 7.61. The molecule has 1 aliphatic carbocycles. The molecule has 0 radical (unpaired) electrons. The fourth-order valence-corrected chi connectivity index (χ4v) is 10.1. The van der Waals surface area contributed by atoms with Crippen molar-refractivity contribution in [1.82, 2.24) is 9.97 Å². The van der Waals surface area contributed by atoms with Crippen molar-refractivity contribution in [2.45, 2.75) is 5.41 Å². The van der Waals surface area contributed by atoms with Gasteiger partial charge in [0.15, 0.2) is 5.82 Å². The number of thiophene rings is 1. The van der Waals surface area contributed by atoms with Gasteiger partial charge in [0.2, 0.25) is 0 Å².